The number of oxime groups is 1. The van der Waals surface area contributed by atoms with Crippen molar-refractivity contribution in [1.29, 1.82) is 0 Å². The number of carbonyl (C=O) groups is 1. The largest absolute Gasteiger partial charge is 0.459 e. The molecule has 7 rings (SSSR count). The minimum absolute atomic E-state index is 0.0134. The van der Waals surface area contributed by atoms with Gasteiger partial charge in [-0.15, -0.1) is 6.58 Å². The lowest BCUT2D eigenvalue weighted by Crippen LogP contribution is -2.70. The first-order chi connectivity index (χ1) is 30.9. The van der Waals surface area contributed by atoms with Crippen LogP contribution in [0, 0.1) is 27.9 Å². The molecule has 1 saturated carbocycles. The average Bonchev–Trinajstić information content (AvgIpc) is 3.28. The van der Waals surface area contributed by atoms with E-state index in [1.807, 2.05) is 70.2 Å². The first-order valence-electron chi connectivity index (χ1n) is 22.6. The van der Waals surface area contributed by atoms with Crippen LogP contribution < -0.4 is 14.2 Å². The van der Waals surface area contributed by atoms with Crippen molar-refractivity contribution in [3.8, 4) is 23.0 Å². The van der Waals surface area contributed by atoms with Gasteiger partial charge in [0.1, 0.15) is 34.6 Å². The molecule has 1 aliphatic heterocycles. The zero-order valence-corrected chi connectivity index (χ0v) is 37.3. The van der Waals surface area contributed by atoms with Gasteiger partial charge < -0.3 is 34.0 Å². The Balaban J connectivity index is 1.42. The molecule has 6 atom stereocenters. The molecule has 6 unspecified atom stereocenters. The van der Waals surface area contributed by atoms with Gasteiger partial charge in [0, 0.05) is 49.8 Å². The molecule has 0 radical (unpaired) electrons. The molecule has 340 valence electrons. The highest BCUT2D eigenvalue weighted by Gasteiger charge is 2.65. The first kappa shape index (κ1) is 46.2. The van der Waals surface area contributed by atoms with Gasteiger partial charge in [0.25, 0.3) is 5.69 Å². The standard InChI is InChI=1S/C51H61N3O10/c1-6-26-53(49(57)62-38-22-19-37(20-23-38)54(58)59)46-33-44(52-64-50(3,4)5)42-31-36(16-10-12-27-55)41(17-11-13-28-56)47-43-32-40(61-39-21-18-34-14-8-9-15-35(34)30-39)24-25-45(43)63-51(46,48(42)47)60-29-7-2/h7-9,14-15,18-25,30-32,36,41,46-48,55-56H,2,6,10-13,16-17,26-29,33H2,1,3-5H3. The number of carbonyl (C=O) groups excluding carboxylic acids is 1. The number of nitrogens with zero attached hydrogens (tertiary/aromatic N) is 3. The van der Waals surface area contributed by atoms with Gasteiger partial charge in [-0.05, 0) is 124 Å². The Labute approximate surface area is 375 Å². The molecular formula is C51H61N3O10. The first-order valence-corrected chi connectivity index (χ1v) is 22.6. The van der Waals surface area contributed by atoms with Crippen LogP contribution in [0.15, 0.2) is 114 Å². The summed E-state index contributed by atoms with van der Waals surface area (Å²) in [6.07, 6.45) is 8.51. The third-order valence-electron chi connectivity index (χ3n) is 12.4. The predicted octanol–water partition coefficient (Wildman–Crippen LogP) is 10.9. The zero-order valence-electron chi connectivity index (χ0n) is 37.3. The smallest absolute Gasteiger partial charge is 0.415 e. The number of nitro groups is 1. The number of rotatable bonds is 19. The summed E-state index contributed by atoms with van der Waals surface area (Å²) in [5.41, 5.74) is 1.74. The quantitative estimate of drug-likeness (QED) is 0.0401. The lowest BCUT2D eigenvalue weighted by Gasteiger charge is -2.60. The summed E-state index contributed by atoms with van der Waals surface area (Å²) in [5, 5.41) is 38.4. The van der Waals surface area contributed by atoms with Crippen LogP contribution in [0.2, 0.25) is 0 Å². The van der Waals surface area contributed by atoms with Gasteiger partial charge >= 0.3 is 6.09 Å². The number of fused-ring (bicyclic) bond motifs is 3. The van der Waals surface area contributed by atoms with E-state index < -0.39 is 34.4 Å². The Morgan fingerprint density at radius 1 is 0.953 bits per heavy atom. The lowest BCUT2D eigenvalue weighted by molar-refractivity contribution is -0.384. The van der Waals surface area contributed by atoms with Crippen molar-refractivity contribution in [2.75, 3.05) is 26.4 Å². The molecule has 3 aliphatic rings. The van der Waals surface area contributed by atoms with Gasteiger partial charge in [-0.2, -0.15) is 0 Å². The number of unbranched alkanes of at least 4 members (excludes halogenated alkanes) is 2. The summed E-state index contributed by atoms with van der Waals surface area (Å²) >= 11 is 0. The monoisotopic (exact) mass is 875 g/mol. The van der Waals surface area contributed by atoms with E-state index in [0.717, 1.165) is 47.6 Å². The fourth-order valence-corrected chi connectivity index (χ4v) is 9.68. The number of amides is 1. The van der Waals surface area contributed by atoms with Gasteiger partial charge in [0.2, 0.25) is 5.79 Å². The topological polar surface area (TPSA) is 162 Å². The van der Waals surface area contributed by atoms with Crippen LogP contribution in [-0.4, -0.2) is 75.6 Å². The van der Waals surface area contributed by atoms with Gasteiger partial charge in [-0.3, -0.25) is 15.0 Å². The van der Waals surface area contributed by atoms with Crippen molar-refractivity contribution in [3.05, 3.63) is 125 Å². The van der Waals surface area contributed by atoms with E-state index in [2.05, 4.69) is 30.9 Å². The summed E-state index contributed by atoms with van der Waals surface area (Å²) in [6, 6.07) is 24.7. The summed E-state index contributed by atoms with van der Waals surface area (Å²) in [4.78, 5) is 33.5. The maximum Gasteiger partial charge on any atom is 0.415 e. The molecule has 0 spiro atoms. The number of nitro benzene ring substituents is 1. The number of hydrogen-bond donors (Lipinski definition) is 2. The van der Waals surface area contributed by atoms with Crippen LogP contribution in [0.3, 0.4) is 0 Å². The summed E-state index contributed by atoms with van der Waals surface area (Å²) < 4.78 is 27.0. The molecule has 2 N–H and O–H groups in total. The highest BCUT2D eigenvalue weighted by Crippen LogP contribution is 2.62. The fraction of sp³-hybridized carbons (Fsp3) is 0.451. The van der Waals surface area contributed by atoms with E-state index in [0.29, 0.717) is 42.2 Å². The van der Waals surface area contributed by atoms with E-state index in [9.17, 15) is 25.1 Å². The molecule has 0 aromatic heterocycles. The van der Waals surface area contributed by atoms with Crippen molar-refractivity contribution in [1.82, 2.24) is 4.90 Å². The van der Waals surface area contributed by atoms with Crippen LogP contribution in [-0.2, 0) is 9.57 Å². The van der Waals surface area contributed by atoms with Crippen LogP contribution in [0.25, 0.3) is 10.8 Å². The van der Waals surface area contributed by atoms with E-state index in [-0.39, 0.29) is 62.0 Å². The van der Waals surface area contributed by atoms with Crippen LogP contribution in [0.4, 0.5) is 10.5 Å². The number of ether oxygens (including phenoxy) is 4. The van der Waals surface area contributed by atoms with Crippen LogP contribution in [0.5, 0.6) is 23.0 Å². The van der Waals surface area contributed by atoms with E-state index in [4.69, 9.17) is 28.9 Å². The highest BCUT2D eigenvalue weighted by atomic mass is 16.7. The van der Waals surface area contributed by atoms with Crippen molar-refractivity contribution >= 4 is 28.3 Å². The maximum atomic E-state index is 14.7. The lowest BCUT2D eigenvalue weighted by atomic mass is 9.55. The Bertz CT molecular complexity index is 2340. The molecule has 1 fully saturated rings. The van der Waals surface area contributed by atoms with E-state index in [1.165, 1.54) is 24.3 Å². The molecule has 2 aliphatic carbocycles. The third kappa shape index (κ3) is 10.1. The molecule has 1 heterocycles. The number of aliphatic hydroxyl groups excluding tert-OH is 2. The molecule has 64 heavy (non-hydrogen) atoms. The van der Waals surface area contributed by atoms with Gasteiger partial charge in [0.05, 0.1) is 23.2 Å². The highest BCUT2D eigenvalue weighted by molar-refractivity contribution is 6.03. The third-order valence-corrected chi connectivity index (χ3v) is 12.4. The van der Waals surface area contributed by atoms with Crippen molar-refractivity contribution in [2.45, 2.75) is 102 Å². The second-order valence-electron chi connectivity index (χ2n) is 17.9. The van der Waals surface area contributed by atoms with Crippen molar-refractivity contribution in [3.63, 3.8) is 0 Å². The normalized spacial score (nSPS) is 23.0. The Hall–Kier alpha value is -5.76. The van der Waals surface area contributed by atoms with Crippen molar-refractivity contribution in [2.24, 2.45) is 22.9 Å². The fourth-order valence-electron chi connectivity index (χ4n) is 9.68. The molecule has 1 amide bonds. The van der Waals surface area contributed by atoms with Crippen molar-refractivity contribution < 1.29 is 43.7 Å². The maximum absolute atomic E-state index is 14.7. The summed E-state index contributed by atoms with van der Waals surface area (Å²) in [5.74, 6) is -0.153. The molecule has 0 bridgehead atoms. The number of hydrogen-bond acceptors (Lipinski definition) is 11. The molecule has 4 aromatic carbocycles. The van der Waals surface area contributed by atoms with Gasteiger partial charge in [-0.1, -0.05) is 67.4 Å². The molecule has 4 aromatic rings. The van der Waals surface area contributed by atoms with Crippen LogP contribution in [0.1, 0.15) is 90.5 Å². The zero-order chi connectivity index (χ0) is 45.4. The Morgan fingerprint density at radius 2 is 1.64 bits per heavy atom. The second-order valence-corrected chi connectivity index (χ2v) is 17.9. The second kappa shape index (κ2) is 20.4. The summed E-state index contributed by atoms with van der Waals surface area (Å²) in [7, 11) is 0. The summed E-state index contributed by atoms with van der Waals surface area (Å²) in [6.45, 7) is 12.3. The van der Waals surface area contributed by atoms with Gasteiger partial charge in [0.15, 0.2) is 0 Å². The predicted molar refractivity (Wildman–Crippen MR) is 246 cm³/mol. The molecular weight excluding hydrogens is 815 g/mol. The Kier molecular flexibility index (Phi) is 14.7. The SMILES string of the molecule is C=CCOC12Oc3ccc(Oc4ccc5ccccc5c4)cc3C3C(CCCCO)C(CCCCO)C=C(C(=NOC(C)(C)C)CC1N(CCC)C(=O)Oc1ccc([N+](=O)[O-])cc1)C32. The van der Waals surface area contributed by atoms with E-state index >= 15 is 0 Å². The average molecular weight is 876 g/mol. The molecule has 13 heteroatoms. The minimum atomic E-state index is -1.49. The van der Waals surface area contributed by atoms with Gasteiger partial charge in [-0.25, -0.2) is 4.79 Å². The van der Waals surface area contributed by atoms with E-state index in [1.54, 1.807) is 11.0 Å². The molecule has 0 saturated heterocycles. The van der Waals surface area contributed by atoms with Crippen LogP contribution >= 0.6 is 0 Å². The Morgan fingerprint density at radius 3 is 2.33 bits per heavy atom. The number of benzene rings is 4. The minimum Gasteiger partial charge on any atom is -0.459 e. The molecule has 13 nitrogen and oxygen atoms in total. The number of non-ortho nitro benzene ring substituents is 1. The number of aliphatic hydroxyl groups is 2. The number of allylic oxidation sites excluding steroid dienone is 1.